The lowest BCUT2D eigenvalue weighted by molar-refractivity contribution is -0.318. The van der Waals surface area contributed by atoms with Crippen molar-refractivity contribution in [3.8, 4) is 34.3 Å². The molecule has 2 aliphatic rings. The topological polar surface area (TPSA) is 249 Å². The third-order valence-electron chi connectivity index (χ3n) is 7.18. The van der Waals surface area contributed by atoms with Crippen LogP contribution in [0, 0.1) is 0 Å². The normalized spacial score (nSPS) is 33.5. The summed E-state index contributed by atoms with van der Waals surface area (Å²) < 4.78 is 28.0. The van der Waals surface area contributed by atoms with E-state index in [0.717, 1.165) is 12.1 Å². The molecule has 1 aromatic heterocycles. The van der Waals surface area contributed by atoms with Crippen molar-refractivity contribution in [2.45, 2.75) is 68.3 Å². The van der Waals surface area contributed by atoms with Crippen LogP contribution in [-0.2, 0) is 14.2 Å². The third-order valence-corrected chi connectivity index (χ3v) is 7.18. The van der Waals surface area contributed by atoms with E-state index in [1.807, 2.05) is 0 Å². The van der Waals surface area contributed by atoms with Crippen LogP contribution in [0.5, 0.6) is 23.0 Å². The van der Waals surface area contributed by atoms with Crippen LogP contribution in [0.1, 0.15) is 6.92 Å². The molecule has 15 heteroatoms. The number of phenolic OH excluding ortho intramolecular Hbond substituents is 3. The summed E-state index contributed by atoms with van der Waals surface area (Å²) in [7, 11) is 0. The van der Waals surface area contributed by atoms with Crippen molar-refractivity contribution < 1.29 is 69.3 Å². The second kappa shape index (κ2) is 11.6. The van der Waals surface area contributed by atoms with Gasteiger partial charge in [0.1, 0.15) is 70.9 Å². The minimum atomic E-state index is -1.92. The zero-order valence-electron chi connectivity index (χ0n) is 21.9. The standard InChI is InChI=1S/C27H30O15/c1-9-17(31)20(34)22(36)26(39-9)38-8-15-18(32)21(35)23(37)27(41-15)42-25-19(33)16-13(30)6-12(29)7-14(16)40-24(25)10-2-4-11(28)5-3-10/h2-7,9,15,17-18,20-23,26-32,34-37H,8H2,1H3/t9-,15-,17-,18+,20+,21+,22-,23+,26+,27-/m0/s1. The summed E-state index contributed by atoms with van der Waals surface area (Å²) in [5.41, 5.74) is -0.956. The van der Waals surface area contributed by atoms with E-state index in [-0.39, 0.29) is 28.0 Å². The molecule has 15 nitrogen and oxygen atoms in total. The molecule has 228 valence electrons. The summed E-state index contributed by atoms with van der Waals surface area (Å²) in [5.74, 6) is -1.97. The number of benzene rings is 2. The Bertz CT molecular complexity index is 1470. The lowest BCUT2D eigenvalue weighted by atomic mass is 9.98. The second-order valence-corrected chi connectivity index (χ2v) is 10.1. The Morgan fingerprint density at radius 2 is 1.40 bits per heavy atom. The fourth-order valence-electron chi connectivity index (χ4n) is 4.79. The molecular weight excluding hydrogens is 564 g/mol. The van der Waals surface area contributed by atoms with E-state index >= 15 is 0 Å². The van der Waals surface area contributed by atoms with Gasteiger partial charge in [-0.05, 0) is 31.2 Å². The Balaban J connectivity index is 1.46. The lowest BCUT2D eigenvalue weighted by Gasteiger charge is -2.42. The molecule has 0 spiro atoms. The first-order valence-corrected chi connectivity index (χ1v) is 12.9. The van der Waals surface area contributed by atoms with Crippen molar-refractivity contribution in [2.24, 2.45) is 0 Å². The van der Waals surface area contributed by atoms with Gasteiger partial charge in [0, 0.05) is 17.7 Å². The molecule has 10 atom stereocenters. The Kier molecular flexibility index (Phi) is 8.30. The number of phenols is 3. The molecule has 42 heavy (non-hydrogen) atoms. The van der Waals surface area contributed by atoms with Crippen LogP contribution in [0.3, 0.4) is 0 Å². The van der Waals surface area contributed by atoms with Gasteiger partial charge in [-0.25, -0.2) is 0 Å². The fraction of sp³-hybridized carbons (Fsp3) is 0.444. The van der Waals surface area contributed by atoms with E-state index in [2.05, 4.69) is 0 Å². The summed E-state index contributed by atoms with van der Waals surface area (Å²) in [6.07, 6.45) is -15.8. The van der Waals surface area contributed by atoms with Gasteiger partial charge in [0.15, 0.2) is 12.1 Å². The first kappa shape index (κ1) is 30.0. The number of aromatic hydroxyl groups is 3. The maximum Gasteiger partial charge on any atom is 0.239 e. The van der Waals surface area contributed by atoms with Gasteiger partial charge in [-0.2, -0.15) is 0 Å². The van der Waals surface area contributed by atoms with E-state index in [4.69, 9.17) is 23.4 Å². The molecule has 0 amide bonds. The van der Waals surface area contributed by atoms with E-state index in [9.17, 15) is 50.8 Å². The Labute approximate surface area is 236 Å². The predicted octanol–water partition coefficient (Wildman–Crippen LogP) is -1.39. The highest BCUT2D eigenvalue weighted by Crippen LogP contribution is 2.37. The van der Waals surface area contributed by atoms with Crippen LogP contribution in [0.4, 0.5) is 0 Å². The monoisotopic (exact) mass is 594 g/mol. The van der Waals surface area contributed by atoms with Crippen molar-refractivity contribution in [3.05, 3.63) is 46.6 Å². The molecule has 3 aromatic rings. The molecule has 2 aromatic carbocycles. The Hall–Kier alpha value is -3.51. The van der Waals surface area contributed by atoms with Crippen LogP contribution >= 0.6 is 0 Å². The minimum Gasteiger partial charge on any atom is -0.508 e. The quantitative estimate of drug-likeness (QED) is 0.159. The molecule has 0 unspecified atom stereocenters. The minimum absolute atomic E-state index is 0.103. The van der Waals surface area contributed by atoms with Gasteiger partial charge >= 0.3 is 0 Å². The number of fused-ring (bicyclic) bond motifs is 1. The highest BCUT2D eigenvalue weighted by atomic mass is 16.7. The molecule has 0 radical (unpaired) electrons. The van der Waals surface area contributed by atoms with Crippen LogP contribution in [0.2, 0.25) is 0 Å². The number of aliphatic hydroxyl groups is 6. The molecule has 3 heterocycles. The highest BCUT2D eigenvalue weighted by Gasteiger charge is 2.47. The zero-order chi connectivity index (χ0) is 30.5. The molecule has 9 N–H and O–H groups in total. The SMILES string of the molecule is C[C@@H]1O[C@@H](OC[C@@H]2O[C@@H](Oc3c(-c4ccc(O)cc4)oc4cc(O)cc(O)c4c3=O)[C@H](O)[C@H](O)[C@@H]2O)[C@@H](O)[C@H](O)[C@H]1O. The zero-order valence-corrected chi connectivity index (χ0v) is 21.9. The largest absolute Gasteiger partial charge is 0.508 e. The first-order valence-electron chi connectivity index (χ1n) is 12.9. The average Bonchev–Trinajstić information content (AvgIpc) is 2.95. The van der Waals surface area contributed by atoms with Crippen molar-refractivity contribution in [1.29, 1.82) is 0 Å². The van der Waals surface area contributed by atoms with Crippen molar-refractivity contribution in [3.63, 3.8) is 0 Å². The molecular formula is C27H30O15. The Morgan fingerprint density at radius 3 is 2.10 bits per heavy atom. The van der Waals surface area contributed by atoms with Crippen LogP contribution in [0.15, 0.2) is 45.6 Å². The predicted molar refractivity (Wildman–Crippen MR) is 139 cm³/mol. The molecule has 5 rings (SSSR count). The molecule has 0 bridgehead atoms. The average molecular weight is 595 g/mol. The van der Waals surface area contributed by atoms with E-state index in [1.54, 1.807) is 0 Å². The summed E-state index contributed by atoms with van der Waals surface area (Å²) in [5, 5.41) is 91.4. The van der Waals surface area contributed by atoms with Gasteiger partial charge in [0.2, 0.25) is 17.5 Å². The van der Waals surface area contributed by atoms with Gasteiger partial charge in [-0.3, -0.25) is 4.79 Å². The Morgan fingerprint density at radius 1 is 0.762 bits per heavy atom. The summed E-state index contributed by atoms with van der Waals surface area (Å²) in [4.78, 5) is 13.5. The maximum absolute atomic E-state index is 13.5. The van der Waals surface area contributed by atoms with Gasteiger partial charge in [-0.15, -0.1) is 0 Å². The number of ether oxygens (including phenoxy) is 4. The third kappa shape index (κ3) is 5.49. The van der Waals surface area contributed by atoms with E-state index < -0.39 is 90.7 Å². The van der Waals surface area contributed by atoms with E-state index in [0.29, 0.717) is 0 Å². The van der Waals surface area contributed by atoms with Crippen molar-refractivity contribution in [2.75, 3.05) is 6.61 Å². The smallest absolute Gasteiger partial charge is 0.239 e. The molecule has 0 aliphatic carbocycles. The van der Waals surface area contributed by atoms with Crippen LogP contribution in [0.25, 0.3) is 22.3 Å². The van der Waals surface area contributed by atoms with Crippen molar-refractivity contribution in [1.82, 2.24) is 0 Å². The van der Waals surface area contributed by atoms with Gasteiger partial charge in [0.25, 0.3) is 0 Å². The molecule has 0 saturated carbocycles. The van der Waals surface area contributed by atoms with Gasteiger partial charge in [0.05, 0.1) is 12.7 Å². The van der Waals surface area contributed by atoms with Gasteiger partial charge in [-0.1, -0.05) is 0 Å². The van der Waals surface area contributed by atoms with E-state index in [1.165, 1.54) is 31.2 Å². The van der Waals surface area contributed by atoms with Crippen LogP contribution in [-0.4, -0.2) is 114 Å². The maximum atomic E-state index is 13.5. The lowest BCUT2D eigenvalue weighted by Crippen LogP contribution is -2.61. The number of rotatable bonds is 6. The van der Waals surface area contributed by atoms with Crippen molar-refractivity contribution >= 4 is 11.0 Å². The highest BCUT2D eigenvalue weighted by molar-refractivity contribution is 5.88. The molecule has 2 saturated heterocycles. The second-order valence-electron chi connectivity index (χ2n) is 10.1. The summed E-state index contributed by atoms with van der Waals surface area (Å²) in [6, 6.07) is 7.33. The van der Waals surface area contributed by atoms with Gasteiger partial charge < -0.3 is 69.3 Å². The number of hydrogen-bond donors (Lipinski definition) is 9. The summed E-state index contributed by atoms with van der Waals surface area (Å²) >= 11 is 0. The fourth-order valence-corrected chi connectivity index (χ4v) is 4.79. The first-order chi connectivity index (χ1) is 19.9. The molecule has 2 fully saturated rings. The molecule has 2 aliphatic heterocycles. The number of aliphatic hydroxyl groups excluding tert-OH is 6. The summed E-state index contributed by atoms with van der Waals surface area (Å²) in [6.45, 7) is 0.866. The van der Waals surface area contributed by atoms with Crippen LogP contribution < -0.4 is 10.2 Å². The number of hydrogen-bond acceptors (Lipinski definition) is 15.